The molecule has 0 amide bonds. The first-order chi connectivity index (χ1) is 16.0. The SMILES string of the molecule is CCCC/C(=C/CC#N)CC.CCCCC(/C=C/C#N)CC.CCCCC(=CCC#N)CC. The molecule has 0 aromatic carbocycles. The average molecular weight is 454 g/mol. The van der Waals surface area contributed by atoms with Crippen LogP contribution in [-0.4, -0.2) is 0 Å². The monoisotopic (exact) mass is 453 g/mol. The molecular weight excluding hydrogens is 402 g/mol. The molecule has 3 nitrogen and oxygen atoms in total. The van der Waals surface area contributed by atoms with Crippen molar-refractivity contribution < 1.29 is 0 Å². The maximum absolute atomic E-state index is 8.34. The minimum atomic E-state index is 0.576. The number of allylic oxidation sites excluding steroid dienone is 6. The second-order valence-corrected chi connectivity index (χ2v) is 8.16. The van der Waals surface area contributed by atoms with Gasteiger partial charge in [0, 0.05) is 6.08 Å². The third kappa shape index (κ3) is 29.7. The summed E-state index contributed by atoms with van der Waals surface area (Å²) in [7, 11) is 0. The van der Waals surface area contributed by atoms with Crippen molar-refractivity contribution in [3.05, 3.63) is 35.5 Å². The Bertz CT molecular complexity index is 582. The molecule has 0 aliphatic carbocycles. The molecule has 0 spiro atoms. The lowest BCUT2D eigenvalue weighted by Gasteiger charge is -2.06. The van der Waals surface area contributed by atoms with Crippen molar-refractivity contribution in [2.24, 2.45) is 5.92 Å². The van der Waals surface area contributed by atoms with Gasteiger partial charge in [-0.25, -0.2) is 0 Å². The molecule has 0 aromatic rings. The second-order valence-electron chi connectivity index (χ2n) is 8.16. The largest absolute Gasteiger partial charge is 0.198 e. The molecular formula is C30H51N3. The summed E-state index contributed by atoms with van der Waals surface area (Å²) in [6.45, 7) is 13.1. The van der Waals surface area contributed by atoms with E-state index < -0.39 is 0 Å². The smallest absolute Gasteiger partial charge is 0.0908 e. The number of hydrogen-bond acceptors (Lipinski definition) is 3. The molecule has 0 saturated carbocycles. The van der Waals surface area contributed by atoms with Crippen molar-refractivity contribution in [2.75, 3.05) is 0 Å². The Labute approximate surface area is 206 Å². The van der Waals surface area contributed by atoms with Crippen LogP contribution in [0.5, 0.6) is 0 Å². The molecule has 186 valence electrons. The maximum atomic E-state index is 8.34. The topological polar surface area (TPSA) is 71.4 Å². The summed E-state index contributed by atoms with van der Waals surface area (Å²) in [6.07, 6.45) is 23.3. The van der Waals surface area contributed by atoms with Gasteiger partial charge in [-0.05, 0) is 57.3 Å². The van der Waals surface area contributed by atoms with Gasteiger partial charge in [-0.15, -0.1) is 0 Å². The molecule has 3 heteroatoms. The molecule has 1 unspecified atom stereocenters. The number of rotatable bonds is 15. The Morgan fingerprint density at radius 3 is 1.45 bits per heavy atom. The van der Waals surface area contributed by atoms with E-state index in [-0.39, 0.29) is 0 Å². The third-order valence-electron chi connectivity index (χ3n) is 5.47. The van der Waals surface area contributed by atoms with Gasteiger partial charge in [-0.2, -0.15) is 15.8 Å². The van der Waals surface area contributed by atoms with Crippen molar-refractivity contribution in [1.29, 1.82) is 15.8 Å². The van der Waals surface area contributed by atoms with Crippen LogP contribution >= 0.6 is 0 Å². The average Bonchev–Trinajstić information content (AvgIpc) is 2.85. The van der Waals surface area contributed by atoms with Gasteiger partial charge in [0.1, 0.15) is 0 Å². The first kappa shape index (κ1) is 35.3. The summed E-state index contributed by atoms with van der Waals surface area (Å²) >= 11 is 0. The molecule has 0 aromatic heterocycles. The molecule has 0 aliphatic rings. The van der Waals surface area contributed by atoms with Gasteiger partial charge in [0.15, 0.2) is 0 Å². The summed E-state index contributed by atoms with van der Waals surface area (Å²) in [5.41, 5.74) is 2.88. The van der Waals surface area contributed by atoms with E-state index in [1.54, 1.807) is 6.08 Å². The molecule has 0 rings (SSSR count). The van der Waals surface area contributed by atoms with Crippen LogP contribution in [-0.2, 0) is 0 Å². The molecule has 0 heterocycles. The molecule has 0 N–H and O–H groups in total. The highest BCUT2D eigenvalue weighted by molar-refractivity contribution is 5.05. The van der Waals surface area contributed by atoms with Crippen LogP contribution in [0, 0.1) is 39.9 Å². The zero-order chi connectivity index (χ0) is 25.6. The number of unbranched alkanes of at least 4 members (excludes halogenated alkanes) is 3. The molecule has 0 aliphatic heterocycles. The summed E-state index contributed by atoms with van der Waals surface area (Å²) in [5.74, 6) is 0.620. The Hall–Kier alpha value is -2.31. The van der Waals surface area contributed by atoms with E-state index in [1.165, 1.54) is 68.9 Å². The van der Waals surface area contributed by atoms with Crippen LogP contribution in [0.15, 0.2) is 35.5 Å². The van der Waals surface area contributed by atoms with Gasteiger partial charge < -0.3 is 0 Å². The predicted octanol–water partition coefficient (Wildman–Crippen LogP) is 10.1. The van der Waals surface area contributed by atoms with Gasteiger partial charge >= 0.3 is 0 Å². The predicted molar refractivity (Wildman–Crippen MR) is 144 cm³/mol. The highest BCUT2D eigenvalue weighted by Gasteiger charge is 1.99. The van der Waals surface area contributed by atoms with E-state index in [0.29, 0.717) is 18.8 Å². The van der Waals surface area contributed by atoms with E-state index in [9.17, 15) is 0 Å². The van der Waals surface area contributed by atoms with Crippen LogP contribution in [0.4, 0.5) is 0 Å². The van der Waals surface area contributed by atoms with Crippen molar-refractivity contribution in [3.8, 4) is 18.2 Å². The lowest BCUT2D eigenvalue weighted by atomic mass is 9.99. The minimum absolute atomic E-state index is 0.576. The van der Waals surface area contributed by atoms with Crippen molar-refractivity contribution in [3.63, 3.8) is 0 Å². The Morgan fingerprint density at radius 1 is 0.697 bits per heavy atom. The molecule has 0 bridgehead atoms. The quantitative estimate of drug-likeness (QED) is 0.183. The zero-order valence-electron chi connectivity index (χ0n) is 22.6. The number of hydrogen-bond donors (Lipinski definition) is 0. The molecule has 0 saturated heterocycles. The minimum Gasteiger partial charge on any atom is -0.198 e. The van der Waals surface area contributed by atoms with E-state index >= 15 is 0 Å². The molecule has 33 heavy (non-hydrogen) atoms. The van der Waals surface area contributed by atoms with Crippen LogP contribution in [0.1, 0.15) is 131 Å². The van der Waals surface area contributed by atoms with Gasteiger partial charge in [0.2, 0.25) is 0 Å². The Kier molecular flexibility index (Phi) is 34.1. The third-order valence-corrected chi connectivity index (χ3v) is 5.47. The zero-order valence-corrected chi connectivity index (χ0v) is 22.6. The lowest BCUT2D eigenvalue weighted by Crippen LogP contribution is -1.93. The molecule has 0 fully saturated rings. The Balaban J connectivity index is -0.000000409. The highest BCUT2D eigenvalue weighted by atomic mass is 14.2. The van der Waals surface area contributed by atoms with Crippen LogP contribution in [0.3, 0.4) is 0 Å². The van der Waals surface area contributed by atoms with E-state index in [1.807, 2.05) is 12.1 Å². The number of nitrogens with zero attached hydrogens (tertiary/aromatic N) is 3. The first-order valence-electron chi connectivity index (χ1n) is 13.2. The van der Waals surface area contributed by atoms with Gasteiger partial charge in [0.05, 0.1) is 31.0 Å². The summed E-state index contributed by atoms with van der Waals surface area (Å²) in [5, 5.41) is 25.0. The fourth-order valence-electron chi connectivity index (χ4n) is 3.12. The van der Waals surface area contributed by atoms with E-state index in [4.69, 9.17) is 15.8 Å². The summed E-state index contributed by atoms with van der Waals surface area (Å²) in [6, 6.07) is 6.29. The van der Waals surface area contributed by atoms with Crippen molar-refractivity contribution >= 4 is 0 Å². The van der Waals surface area contributed by atoms with E-state index in [2.05, 4.69) is 65.8 Å². The van der Waals surface area contributed by atoms with Crippen LogP contribution in [0.2, 0.25) is 0 Å². The fourth-order valence-corrected chi connectivity index (χ4v) is 3.12. The fraction of sp³-hybridized carbons (Fsp3) is 0.700. The van der Waals surface area contributed by atoms with Crippen molar-refractivity contribution in [2.45, 2.75) is 131 Å². The van der Waals surface area contributed by atoms with Gasteiger partial charge in [-0.3, -0.25) is 0 Å². The van der Waals surface area contributed by atoms with Crippen LogP contribution < -0.4 is 0 Å². The van der Waals surface area contributed by atoms with E-state index in [0.717, 1.165) is 19.3 Å². The molecule has 0 radical (unpaired) electrons. The standard InChI is InChI=1S/3C10H17N/c3*1-3-5-7-10(4-2)8-6-9-11/h2*8H,3-7H2,1-2H3;6,8,10H,3-5,7H2,1-2H3/b10-8+;;8-6+. The lowest BCUT2D eigenvalue weighted by molar-refractivity contribution is 0.540. The van der Waals surface area contributed by atoms with Gasteiger partial charge in [0.25, 0.3) is 0 Å². The normalized spacial score (nSPS) is 11.8. The number of nitriles is 3. The maximum Gasteiger partial charge on any atom is 0.0908 e. The van der Waals surface area contributed by atoms with Gasteiger partial charge in [-0.1, -0.05) is 96.6 Å². The Morgan fingerprint density at radius 2 is 1.15 bits per heavy atom. The molecule has 1 atom stereocenters. The van der Waals surface area contributed by atoms with Crippen molar-refractivity contribution in [1.82, 2.24) is 0 Å². The summed E-state index contributed by atoms with van der Waals surface area (Å²) < 4.78 is 0. The highest BCUT2D eigenvalue weighted by Crippen LogP contribution is 2.13. The van der Waals surface area contributed by atoms with Crippen LogP contribution in [0.25, 0.3) is 0 Å². The summed E-state index contributed by atoms with van der Waals surface area (Å²) in [4.78, 5) is 0. The first-order valence-corrected chi connectivity index (χ1v) is 13.2. The second kappa shape index (κ2) is 31.9.